The minimum absolute atomic E-state index is 0.171. The van der Waals surface area contributed by atoms with E-state index in [1.807, 2.05) is 13.8 Å². The second kappa shape index (κ2) is 57.3. The fourth-order valence-corrected chi connectivity index (χ4v) is 8.38. The standard InChI is InChI=1S/C18H41N5O.C16H33NO.C12H26N2O.C12H25NO/c1-2-9-18(24)22-12-6-4-8-16-23(15-7-3-5-10-19)17-14-21-13-11-20;1-6-11-16(18)12-9-7-8-10-13-17(14(2)3)15(4)5;1-6-7-12(15)13-8-9-14(10(2)3)11(4)5;1-4-9-12(14)10-7-5-6-8-11-13(2)3/h21H,2-17,19-20H2,1H3,(H,22,24);14-15H,6-13H2,1-5H3;10-11H,6-9H2,1-5H3,(H,13,15);4-11H2,1-3H3. The van der Waals surface area contributed by atoms with Crippen molar-refractivity contribution in [2.45, 2.75) is 261 Å². The van der Waals surface area contributed by atoms with Crippen LogP contribution in [-0.4, -0.2) is 160 Å². The topological polar surface area (TPSA) is 169 Å². The maximum Gasteiger partial charge on any atom is 0.220 e. The number of hydrogen-bond donors (Lipinski definition) is 5. The molecule has 13 heteroatoms. The Hall–Kier alpha value is -2.00. The molecule has 0 radical (unpaired) electrons. The molecule has 13 nitrogen and oxygen atoms in total. The smallest absolute Gasteiger partial charge is 0.220 e. The van der Waals surface area contributed by atoms with Crippen LogP contribution in [0.15, 0.2) is 0 Å². The highest BCUT2D eigenvalue weighted by Crippen LogP contribution is 2.11. The van der Waals surface area contributed by atoms with E-state index >= 15 is 0 Å². The Balaban J connectivity index is -0.000000432. The third kappa shape index (κ3) is 58.8. The van der Waals surface area contributed by atoms with Gasteiger partial charge in [0.1, 0.15) is 11.6 Å². The van der Waals surface area contributed by atoms with Crippen LogP contribution in [0.1, 0.15) is 237 Å². The van der Waals surface area contributed by atoms with Gasteiger partial charge in [-0.2, -0.15) is 0 Å². The number of hydrogen-bond acceptors (Lipinski definition) is 11. The number of ketones is 2. The van der Waals surface area contributed by atoms with Crippen molar-refractivity contribution in [3.05, 3.63) is 0 Å². The van der Waals surface area contributed by atoms with Crippen molar-refractivity contribution in [3.8, 4) is 0 Å². The molecule has 0 bridgehead atoms. The Morgan fingerprint density at radius 1 is 0.380 bits per heavy atom. The van der Waals surface area contributed by atoms with E-state index in [0.29, 0.717) is 55.1 Å². The van der Waals surface area contributed by atoms with E-state index in [2.05, 4.69) is 119 Å². The summed E-state index contributed by atoms with van der Waals surface area (Å²) in [6, 6.07) is 2.34. The highest BCUT2D eigenvalue weighted by atomic mass is 16.2. The van der Waals surface area contributed by atoms with Crippen molar-refractivity contribution in [1.29, 1.82) is 0 Å². The molecule has 426 valence electrons. The van der Waals surface area contributed by atoms with Crippen molar-refractivity contribution in [2.24, 2.45) is 11.5 Å². The molecule has 7 N–H and O–H groups in total. The molecular formula is C58H125N9O4. The normalized spacial score (nSPS) is 11.3. The molecule has 71 heavy (non-hydrogen) atoms. The number of carbonyl (C=O) groups excluding carboxylic acids is 4. The van der Waals surface area contributed by atoms with Gasteiger partial charge in [-0.25, -0.2) is 0 Å². The van der Waals surface area contributed by atoms with Crippen LogP contribution >= 0.6 is 0 Å². The Labute approximate surface area is 442 Å². The molecule has 0 fully saturated rings. The lowest BCUT2D eigenvalue weighted by atomic mass is 10.1. The highest BCUT2D eigenvalue weighted by molar-refractivity contribution is 5.78. The Morgan fingerprint density at radius 3 is 1.20 bits per heavy atom. The van der Waals surface area contributed by atoms with Gasteiger partial charge in [-0.1, -0.05) is 66.2 Å². The summed E-state index contributed by atoms with van der Waals surface area (Å²) in [5.74, 6) is 1.25. The van der Waals surface area contributed by atoms with Crippen LogP contribution in [0.25, 0.3) is 0 Å². The van der Waals surface area contributed by atoms with Gasteiger partial charge in [0.25, 0.3) is 0 Å². The van der Waals surface area contributed by atoms with Crippen LogP contribution in [0.5, 0.6) is 0 Å². The molecule has 0 aliphatic heterocycles. The molecule has 0 aromatic heterocycles. The minimum atomic E-state index is 0.171. The average Bonchev–Trinajstić information content (AvgIpc) is 3.30. The van der Waals surface area contributed by atoms with Gasteiger partial charge in [-0.15, -0.1) is 0 Å². The summed E-state index contributed by atoms with van der Waals surface area (Å²) < 4.78 is 0. The molecule has 0 aliphatic rings. The molecule has 0 spiro atoms. The Bertz CT molecular complexity index is 1130. The van der Waals surface area contributed by atoms with Gasteiger partial charge in [0, 0.05) is 109 Å². The minimum Gasteiger partial charge on any atom is -0.356 e. The van der Waals surface area contributed by atoms with Gasteiger partial charge in [0.05, 0.1) is 0 Å². The van der Waals surface area contributed by atoms with Gasteiger partial charge in [-0.05, 0) is 179 Å². The number of amides is 2. The largest absolute Gasteiger partial charge is 0.356 e. The molecule has 0 saturated carbocycles. The predicted molar refractivity (Wildman–Crippen MR) is 309 cm³/mol. The number of Topliss-reactive ketones (excluding diaryl/α,β-unsaturated/α-hetero) is 2. The van der Waals surface area contributed by atoms with Crippen molar-refractivity contribution < 1.29 is 19.2 Å². The molecule has 0 unspecified atom stereocenters. The first-order chi connectivity index (χ1) is 33.9. The molecule has 0 aliphatic carbocycles. The average molecular weight is 1010 g/mol. The summed E-state index contributed by atoms with van der Waals surface area (Å²) in [5, 5.41) is 9.29. The maximum atomic E-state index is 11.4. The molecule has 0 aromatic carbocycles. The Morgan fingerprint density at radius 2 is 0.775 bits per heavy atom. The zero-order chi connectivity index (χ0) is 54.5. The summed E-state index contributed by atoms with van der Waals surface area (Å²) in [7, 11) is 4.20. The number of unbranched alkanes of at least 4 members (excludes halogenated alkanes) is 10. The second-order valence-electron chi connectivity index (χ2n) is 21.0. The first-order valence-corrected chi connectivity index (χ1v) is 29.4. The van der Waals surface area contributed by atoms with Gasteiger partial charge in [0.2, 0.25) is 11.8 Å². The molecule has 0 atom stereocenters. The monoisotopic (exact) mass is 1010 g/mol. The summed E-state index contributed by atoms with van der Waals surface area (Å²) in [6.45, 7) is 37.6. The van der Waals surface area contributed by atoms with Gasteiger partial charge in [0.15, 0.2) is 0 Å². The zero-order valence-corrected chi connectivity index (χ0v) is 49.8. The lowest BCUT2D eigenvalue weighted by Gasteiger charge is -2.30. The number of carbonyl (C=O) groups is 4. The van der Waals surface area contributed by atoms with E-state index in [9.17, 15) is 19.2 Å². The molecular weight excluding hydrogens is 887 g/mol. The summed E-state index contributed by atoms with van der Waals surface area (Å²) in [6.07, 6.45) is 24.9. The zero-order valence-electron chi connectivity index (χ0n) is 49.8. The molecule has 0 saturated heterocycles. The van der Waals surface area contributed by atoms with Gasteiger partial charge >= 0.3 is 0 Å². The second-order valence-corrected chi connectivity index (χ2v) is 21.0. The maximum absolute atomic E-state index is 11.4. The highest BCUT2D eigenvalue weighted by Gasteiger charge is 2.14. The fraction of sp³-hybridized carbons (Fsp3) is 0.931. The quantitative estimate of drug-likeness (QED) is 0.0368. The SMILES string of the molecule is CCCC(=O)CCCCCCN(C(C)C)C(C)C.CCCC(=O)CCCCCCN(C)C.CCCC(=O)NCCCCCN(CCCCCN)CCNCCN.CCCC(=O)NCCN(C(C)C)C(C)C. The van der Waals surface area contributed by atoms with Crippen molar-refractivity contribution in [1.82, 2.24) is 35.6 Å². The fourth-order valence-electron chi connectivity index (χ4n) is 8.38. The molecule has 2 amide bonds. The van der Waals surface area contributed by atoms with Crippen molar-refractivity contribution >= 4 is 23.4 Å². The van der Waals surface area contributed by atoms with Crippen LogP contribution < -0.4 is 27.4 Å². The predicted octanol–water partition coefficient (Wildman–Crippen LogP) is 10.4. The third-order valence-electron chi connectivity index (χ3n) is 12.4. The number of nitrogens with one attached hydrogen (secondary N) is 3. The van der Waals surface area contributed by atoms with Crippen LogP contribution in [0.4, 0.5) is 0 Å². The van der Waals surface area contributed by atoms with Crippen molar-refractivity contribution in [2.75, 3.05) is 92.6 Å². The third-order valence-corrected chi connectivity index (χ3v) is 12.4. The van der Waals surface area contributed by atoms with E-state index in [1.54, 1.807) is 0 Å². The first-order valence-electron chi connectivity index (χ1n) is 29.4. The number of nitrogens with zero attached hydrogens (tertiary/aromatic N) is 4. The first kappa shape index (κ1) is 75.5. The van der Waals surface area contributed by atoms with Crippen LogP contribution in [0.2, 0.25) is 0 Å². The van der Waals surface area contributed by atoms with Gasteiger partial charge < -0.3 is 37.2 Å². The van der Waals surface area contributed by atoms with E-state index in [-0.39, 0.29) is 11.8 Å². The number of rotatable bonds is 45. The van der Waals surface area contributed by atoms with Crippen LogP contribution in [0, 0.1) is 0 Å². The van der Waals surface area contributed by atoms with Crippen molar-refractivity contribution in [3.63, 3.8) is 0 Å². The molecule has 0 aromatic rings. The van der Waals surface area contributed by atoms with E-state index < -0.39 is 0 Å². The lowest BCUT2D eigenvalue weighted by Crippen LogP contribution is -2.42. The van der Waals surface area contributed by atoms with Crippen LogP contribution in [-0.2, 0) is 19.2 Å². The summed E-state index contributed by atoms with van der Waals surface area (Å²) >= 11 is 0. The van der Waals surface area contributed by atoms with E-state index in [0.717, 1.165) is 136 Å². The summed E-state index contributed by atoms with van der Waals surface area (Å²) in [4.78, 5) is 54.8. The van der Waals surface area contributed by atoms with Crippen LogP contribution in [0.3, 0.4) is 0 Å². The van der Waals surface area contributed by atoms with Gasteiger partial charge in [-0.3, -0.25) is 29.0 Å². The van der Waals surface area contributed by atoms with E-state index in [1.165, 1.54) is 77.3 Å². The Kier molecular flexibility index (Phi) is 60.9. The van der Waals surface area contributed by atoms with E-state index in [4.69, 9.17) is 11.5 Å². The molecule has 0 rings (SSSR count). The molecule has 0 heterocycles. The number of nitrogens with two attached hydrogens (primary N) is 2. The summed E-state index contributed by atoms with van der Waals surface area (Å²) in [5.41, 5.74) is 11.1. The lowest BCUT2D eigenvalue weighted by molar-refractivity contribution is -0.122.